The maximum absolute atomic E-state index is 12.4. The van der Waals surface area contributed by atoms with Gasteiger partial charge in [0.25, 0.3) is 0 Å². The summed E-state index contributed by atoms with van der Waals surface area (Å²) in [7, 11) is -3.34. The molecule has 1 fully saturated rings. The van der Waals surface area contributed by atoms with E-state index in [2.05, 4.69) is 26.7 Å². The summed E-state index contributed by atoms with van der Waals surface area (Å²) in [5, 5.41) is 17.8. The molecule has 2 aliphatic heterocycles. The monoisotopic (exact) mass is 611 g/mol. The lowest BCUT2D eigenvalue weighted by Crippen LogP contribution is -2.37. The molecule has 3 heterocycles. The van der Waals surface area contributed by atoms with E-state index < -0.39 is 10.0 Å². The summed E-state index contributed by atoms with van der Waals surface area (Å²) in [6.45, 7) is 7.22. The molecule has 0 saturated carbocycles. The average Bonchev–Trinajstić information content (AvgIpc) is 3.35. The van der Waals surface area contributed by atoms with Crippen LogP contribution in [0.4, 0.5) is 0 Å². The van der Waals surface area contributed by atoms with Gasteiger partial charge < -0.3 is 15.2 Å². The molecule has 0 bridgehead atoms. The van der Waals surface area contributed by atoms with E-state index in [4.69, 9.17) is 26.5 Å². The Morgan fingerprint density at radius 1 is 1.10 bits per heavy atom. The molecule has 0 amide bonds. The van der Waals surface area contributed by atoms with Crippen LogP contribution in [-0.4, -0.2) is 91.3 Å². The molecular weight excluding hydrogens is 574 g/mol. The van der Waals surface area contributed by atoms with Crippen LogP contribution in [0.15, 0.2) is 42.5 Å². The van der Waals surface area contributed by atoms with Gasteiger partial charge in [0.1, 0.15) is 0 Å². The number of benzene rings is 2. The van der Waals surface area contributed by atoms with Crippen molar-refractivity contribution < 1.29 is 18.3 Å². The van der Waals surface area contributed by atoms with Crippen molar-refractivity contribution in [3.05, 3.63) is 75.4 Å². The lowest BCUT2D eigenvalue weighted by molar-refractivity contribution is 0.0368. The minimum atomic E-state index is -3.34. The van der Waals surface area contributed by atoms with E-state index in [-0.39, 0.29) is 6.61 Å². The predicted octanol–water partition coefficient (Wildman–Crippen LogP) is 2.73. The van der Waals surface area contributed by atoms with Gasteiger partial charge in [0, 0.05) is 86.7 Å². The van der Waals surface area contributed by atoms with Crippen LogP contribution in [0.1, 0.15) is 34.4 Å². The van der Waals surface area contributed by atoms with Crippen molar-refractivity contribution in [1.82, 2.24) is 24.3 Å². The number of aliphatic hydroxyl groups is 1. The highest BCUT2D eigenvalue weighted by Gasteiger charge is 2.30. The number of rotatable bonds is 10. The Morgan fingerprint density at radius 2 is 1.93 bits per heavy atom. The van der Waals surface area contributed by atoms with E-state index in [1.54, 1.807) is 0 Å². The molecule has 2 N–H and O–H groups in total. The number of aromatic nitrogens is 2. The van der Waals surface area contributed by atoms with Gasteiger partial charge in [-0.1, -0.05) is 41.6 Å². The molecule has 11 heteroatoms. The largest absolute Gasteiger partial charge is 0.395 e. The molecule has 2 aromatic carbocycles. The zero-order valence-electron chi connectivity index (χ0n) is 24.0. The Kier molecular flexibility index (Phi) is 10.3. The highest BCUT2D eigenvalue weighted by atomic mass is 35.5. The van der Waals surface area contributed by atoms with Crippen LogP contribution in [0.2, 0.25) is 5.02 Å². The van der Waals surface area contributed by atoms with Crippen molar-refractivity contribution >= 4 is 21.6 Å². The first-order valence-electron chi connectivity index (χ1n) is 14.4. The van der Waals surface area contributed by atoms with Gasteiger partial charge in [-0.05, 0) is 36.2 Å². The molecule has 0 atom stereocenters. The first-order valence-corrected chi connectivity index (χ1v) is 16.6. The number of aryl methyl sites for hydroxylation is 1. The van der Waals surface area contributed by atoms with Gasteiger partial charge in [-0.25, -0.2) is 8.42 Å². The summed E-state index contributed by atoms with van der Waals surface area (Å²) in [6, 6.07) is 13.7. The van der Waals surface area contributed by atoms with Gasteiger partial charge in [0.2, 0.25) is 10.0 Å². The Balaban J connectivity index is 1.41. The minimum Gasteiger partial charge on any atom is -0.395 e. The van der Waals surface area contributed by atoms with Crippen LogP contribution in [0.3, 0.4) is 0 Å². The predicted molar refractivity (Wildman–Crippen MR) is 165 cm³/mol. The maximum atomic E-state index is 12.4. The third kappa shape index (κ3) is 7.79. The fourth-order valence-electron chi connectivity index (χ4n) is 5.41. The Hall–Kier alpha value is -2.75. The van der Waals surface area contributed by atoms with Gasteiger partial charge in [-0.3, -0.25) is 9.58 Å². The van der Waals surface area contributed by atoms with Crippen LogP contribution in [0, 0.1) is 11.8 Å². The van der Waals surface area contributed by atoms with Gasteiger partial charge in [0.15, 0.2) is 0 Å². The summed E-state index contributed by atoms with van der Waals surface area (Å²) in [5.74, 6) is 6.45. The number of hydrogen-bond donors (Lipinski definition) is 2. The molecule has 42 heavy (non-hydrogen) atoms. The molecule has 1 saturated heterocycles. The van der Waals surface area contributed by atoms with Crippen LogP contribution >= 0.6 is 11.6 Å². The maximum Gasteiger partial charge on any atom is 0.211 e. The van der Waals surface area contributed by atoms with Gasteiger partial charge in [-0.2, -0.15) is 9.40 Å². The van der Waals surface area contributed by atoms with Gasteiger partial charge >= 0.3 is 0 Å². The standard InChI is InChI=1S/C31H38ClN5O4S/c1-42(39,40)36-14-10-30-28(23-36)31(34-37(30)13-3-12-35-15-18-41-19-16-35)27-8-9-29(32)26(21-27)7-6-24-4-2-5-25(20-24)22-33-11-17-38/h2,4-5,8-9,20-21,33,38H,3,10-19,22-23H2,1H3. The number of sulfonamides is 1. The molecule has 0 aliphatic carbocycles. The normalized spacial score (nSPS) is 16.2. The van der Waals surface area contributed by atoms with E-state index in [9.17, 15) is 8.42 Å². The highest BCUT2D eigenvalue weighted by Crippen LogP contribution is 2.33. The molecule has 0 spiro atoms. The Morgan fingerprint density at radius 3 is 2.71 bits per heavy atom. The van der Waals surface area contributed by atoms with Gasteiger partial charge in [0.05, 0.1) is 36.8 Å². The number of hydrogen-bond acceptors (Lipinski definition) is 7. The molecular formula is C31H38ClN5O4S. The number of fused-ring (bicyclic) bond motifs is 1. The second kappa shape index (κ2) is 14.1. The molecule has 2 aliphatic rings. The number of nitrogens with zero attached hydrogens (tertiary/aromatic N) is 4. The van der Waals surface area contributed by atoms with Gasteiger partial charge in [-0.15, -0.1) is 0 Å². The van der Waals surface area contributed by atoms with Crippen molar-refractivity contribution in [1.29, 1.82) is 0 Å². The van der Waals surface area contributed by atoms with Crippen molar-refractivity contribution in [2.45, 2.75) is 32.5 Å². The van der Waals surface area contributed by atoms with Crippen LogP contribution in [0.5, 0.6) is 0 Å². The topological polar surface area (TPSA) is 99.9 Å². The summed E-state index contributed by atoms with van der Waals surface area (Å²) < 4.78 is 34.0. The second-order valence-corrected chi connectivity index (χ2v) is 13.1. The summed E-state index contributed by atoms with van der Waals surface area (Å²) in [5.41, 5.74) is 6.32. The number of morpholine rings is 1. The summed E-state index contributed by atoms with van der Waals surface area (Å²) in [4.78, 5) is 2.41. The molecule has 0 unspecified atom stereocenters. The minimum absolute atomic E-state index is 0.0938. The smallest absolute Gasteiger partial charge is 0.211 e. The molecule has 3 aromatic rings. The van der Waals surface area contributed by atoms with E-state index in [1.807, 2.05) is 42.5 Å². The summed E-state index contributed by atoms with van der Waals surface area (Å²) >= 11 is 6.58. The summed E-state index contributed by atoms with van der Waals surface area (Å²) in [6.07, 6.45) is 2.84. The van der Waals surface area contributed by atoms with E-state index in [0.29, 0.717) is 43.2 Å². The average molecular weight is 612 g/mol. The lowest BCUT2D eigenvalue weighted by Gasteiger charge is -2.27. The van der Waals surface area contributed by atoms with Crippen molar-refractivity contribution in [2.24, 2.45) is 0 Å². The van der Waals surface area contributed by atoms with E-state index in [0.717, 1.165) is 79.5 Å². The molecule has 9 nitrogen and oxygen atoms in total. The second-order valence-electron chi connectivity index (χ2n) is 10.7. The quantitative estimate of drug-likeness (QED) is 0.269. The Bertz CT molecular complexity index is 1560. The molecule has 224 valence electrons. The van der Waals surface area contributed by atoms with Crippen LogP contribution in [0.25, 0.3) is 11.3 Å². The molecule has 5 rings (SSSR count). The zero-order valence-corrected chi connectivity index (χ0v) is 25.6. The number of ether oxygens (including phenoxy) is 1. The Labute approximate surface area is 253 Å². The molecule has 1 aromatic heterocycles. The SMILES string of the molecule is CS(=O)(=O)N1CCc2c(c(-c3ccc(Cl)c(C#Cc4cccc(CNCCO)c4)c3)nn2CCCN2CCOCC2)C1. The highest BCUT2D eigenvalue weighted by molar-refractivity contribution is 7.88. The van der Waals surface area contributed by atoms with Crippen LogP contribution < -0.4 is 5.32 Å². The third-order valence-electron chi connectivity index (χ3n) is 7.64. The number of aliphatic hydroxyl groups excluding tert-OH is 1. The first-order chi connectivity index (χ1) is 20.3. The fourth-order valence-corrected chi connectivity index (χ4v) is 6.36. The molecule has 0 radical (unpaired) electrons. The fraction of sp³-hybridized carbons (Fsp3) is 0.452. The lowest BCUT2D eigenvalue weighted by atomic mass is 10.0. The first kappa shape index (κ1) is 30.7. The zero-order chi connectivity index (χ0) is 29.5. The van der Waals surface area contributed by atoms with Crippen molar-refractivity contribution in [3.8, 4) is 23.1 Å². The van der Waals surface area contributed by atoms with E-state index in [1.165, 1.54) is 10.6 Å². The van der Waals surface area contributed by atoms with Crippen molar-refractivity contribution in [3.63, 3.8) is 0 Å². The van der Waals surface area contributed by atoms with E-state index >= 15 is 0 Å². The third-order valence-corrected chi connectivity index (χ3v) is 9.22. The van der Waals surface area contributed by atoms with Crippen LogP contribution in [-0.2, 0) is 40.8 Å². The van der Waals surface area contributed by atoms with Crippen molar-refractivity contribution in [2.75, 3.05) is 58.8 Å². The number of halogens is 1. The number of nitrogens with one attached hydrogen (secondary N) is 1.